The van der Waals surface area contributed by atoms with E-state index in [0.717, 1.165) is 10.9 Å². The summed E-state index contributed by atoms with van der Waals surface area (Å²) in [6.07, 6.45) is 0. The molecule has 6 nitrogen and oxygen atoms in total. The first-order chi connectivity index (χ1) is 7.36. The topological polar surface area (TPSA) is 108 Å². The third-order valence-corrected chi connectivity index (χ3v) is 1.58. The Labute approximate surface area is 141 Å². The fraction of sp³-hybridized carbons (Fsp3) is 0. The van der Waals surface area contributed by atoms with Gasteiger partial charge in [0, 0.05) is 11.5 Å². The van der Waals surface area contributed by atoms with E-state index in [0.29, 0.717) is 0 Å². The normalized spacial score (nSPS) is 10.0. The molecule has 0 aliphatic heterocycles. The van der Waals surface area contributed by atoms with Crippen LogP contribution in [0.25, 0.3) is 10.9 Å². The molecule has 0 saturated carbocycles. The van der Waals surface area contributed by atoms with Crippen molar-refractivity contribution in [2.24, 2.45) is 0 Å². The Bertz CT molecular complexity index is 579. The molecule has 1 aromatic heterocycles. The van der Waals surface area contributed by atoms with Gasteiger partial charge in [-0.05, 0) is 12.1 Å². The van der Waals surface area contributed by atoms with Crippen LogP contribution in [0.1, 0.15) is 0 Å². The zero-order valence-electron chi connectivity index (χ0n) is 7.98. The van der Waals surface area contributed by atoms with Crippen LogP contribution in [0, 0.1) is 0 Å². The van der Waals surface area contributed by atoms with Crippen LogP contribution in [0.15, 0.2) is 36.4 Å². The number of rotatable bonds is 0. The number of fused-ring (bicyclic) bond motifs is 1. The molecule has 0 aliphatic carbocycles. The number of nitrogens with zero attached hydrogens (tertiary/aromatic N) is 1. The van der Waals surface area contributed by atoms with Crippen LogP contribution in [0.5, 0.6) is 5.88 Å². The molecular formula is C9H10KNO5S. The van der Waals surface area contributed by atoms with E-state index >= 15 is 0 Å². The van der Waals surface area contributed by atoms with Gasteiger partial charge in [-0.15, -0.1) is 0 Å². The van der Waals surface area contributed by atoms with E-state index in [9.17, 15) is 0 Å². The summed E-state index contributed by atoms with van der Waals surface area (Å²) in [5, 5.41) is 10.1. The molecule has 0 bridgehead atoms. The van der Waals surface area contributed by atoms with Gasteiger partial charge in [0.1, 0.15) is 0 Å². The Kier molecular flexibility index (Phi) is 7.36. The van der Waals surface area contributed by atoms with Gasteiger partial charge in [-0.1, -0.05) is 18.2 Å². The van der Waals surface area contributed by atoms with Crippen molar-refractivity contribution in [3.8, 4) is 5.88 Å². The van der Waals surface area contributed by atoms with Crippen LogP contribution in [-0.4, -0.2) is 79.0 Å². The molecule has 3 N–H and O–H groups in total. The van der Waals surface area contributed by atoms with E-state index in [4.69, 9.17) is 22.6 Å². The predicted molar refractivity (Wildman–Crippen MR) is 64.7 cm³/mol. The van der Waals surface area contributed by atoms with Crippen LogP contribution < -0.4 is 0 Å². The first-order valence-corrected chi connectivity index (χ1v) is 5.50. The summed E-state index contributed by atoms with van der Waals surface area (Å²) in [4.78, 5) is 3.93. The van der Waals surface area contributed by atoms with Crippen molar-refractivity contribution in [2.45, 2.75) is 0 Å². The van der Waals surface area contributed by atoms with Crippen molar-refractivity contribution in [3.63, 3.8) is 0 Å². The van der Waals surface area contributed by atoms with E-state index in [2.05, 4.69) is 4.98 Å². The van der Waals surface area contributed by atoms with Gasteiger partial charge in [-0.25, -0.2) is 4.98 Å². The average Bonchev–Trinajstić information content (AvgIpc) is 2.15. The van der Waals surface area contributed by atoms with Crippen molar-refractivity contribution in [1.82, 2.24) is 4.98 Å². The Morgan fingerprint density at radius 3 is 2.12 bits per heavy atom. The fourth-order valence-corrected chi connectivity index (χ4v) is 1.06. The van der Waals surface area contributed by atoms with E-state index in [-0.39, 0.29) is 57.3 Å². The van der Waals surface area contributed by atoms with E-state index in [1.54, 1.807) is 6.07 Å². The van der Waals surface area contributed by atoms with Crippen LogP contribution in [0.2, 0.25) is 0 Å². The van der Waals surface area contributed by atoms with Gasteiger partial charge in [0.05, 0.1) is 5.52 Å². The monoisotopic (exact) mass is 283 g/mol. The second kappa shape index (κ2) is 7.39. The Morgan fingerprint density at radius 1 is 1.00 bits per heavy atom. The second-order valence-electron chi connectivity index (χ2n) is 2.81. The molecule has 0 aliphatic rings. The van der Waals surface area contributed by atoms with E-state index in [1.807, 2.05) is 30.3 Å². The van der Waals surface area contributed by atoms with Gasteiger partial charge >= 0.3 is 61.8 Å². The van der Waals surface area contributed by atoms with Crippen molar-refractivity contribution >= 4 is 72.7 Å². The molecule has 1 aromatic carbocycles. The molecule has 0 saturated heterocycles. The molecular weight excluding hydrogens is 273 g/mol. The molecule has 2 aromatic rings. The molecule has 2 rings (SSSR count). The first kappa shape index (κ1) is 16.9. The van der Waals surface area contributed by atoms with Crippen molar-refractivity contribution < 1.29 is 22.6 Å². The fourth-order valence-electron chi connectivity index (χ4n) is 1.06. The summed E-state index contributed by atoms with van der Waals surface area (Å²) < 4.78 is 31.6. The SMILES string of the molecule is O=S(=O)(O)O.Oc1ccc2ccccc2n1.[KH]. The number of pyridine rings is 1. The molecule has 0 amide bonds. The van der Waals surface area contributed by atoms with Crippen LogP contribution in [0.3, 0.4) is 0 Å². The molecule has 0 atom stereocenters. The Balaban J connectivity index is 0.000000373. The van der Waals surface area contributed by atoms with Crippen molar-refractivity contribution in [1.29, 1.82) is 0 Å². The van der Waals surface area contributed by atoms with Gasteiger partial charge in [0.25, 0.3) is 0 Å². The molecule has 1 heterocycles. The summed E-state index contributed by atoms with van der Waals surface area (Å²) in [5.74, 6) is 0.0729. The summed E-state index contributed by atoms with van der Waals surface area (Å²) in [6, 6.07) is 11.1. The maximum atomic E-state index is 9.02. The minimum absolute atomic E-state index is 0. The maximum absolute atomic E-state index is 9.02. The summed E-state index contributed by atoms with van der Waals surface area (Å²) in [6.45, 7) is 0. The average molecular weight is 283 g/mol. The number of aromatic hydroxyl groups is 1. The molecule has 0 unspecified atom stereocenters. The number of aromatic nitrogens is 1. The van der Waals surface area contributed by atoms with Crippen LogP contribution >= 0.6 is 0 Å². The second-order valence-corrected chi connectivity index (χ2v) is 3.71. The zero-order chi connectivity index (χ0) is 12.2. The van der Waals surface area contributed by atoms with E-state index in [1.165, 1.54) is 0 Å². The number of para-hydroxylation sites is 1. The molecule has 0 fully saturated rings. The summed E-state index contributed by atoms with van der Waals surface area (Å²) in [7, 11) is -4.67. The zero-order valence-corrected chi connectivity index (χ0v) is 8.79. The van der Waals surface area contributed by atoms with Gasteiger partial charge in [-0.3, -0.25) is 9.11 Å². The van der Waals surface area contributed by atoms with Gasteiger partial charge in [0.15, 0.2) is 0 Å². The minimum atomic E-state index is -4.67. The molecule has 88 valence electrons. The first-order valence-electron chi connectivity index (χ1n) is 4.11. The van der Waals surface area contributed by atoms with Crippen LogP contribution in [0.4, 0.5) is 0 Å². The Hall–Kier alpha value is -0.0636. The molecule has 8 heteroatoms. The standard InChI is InChI=1S/C9H7NO.K.H2O4S.H/c11-9-6-5-7-3-1-2-4-8(7)10-9;;1-5(2,3)4;/h1-6H,(H,10,11);;(H2,1,2,3,4);. The predicted octanol–water partition coefficient (Wildman–Crippen LogP) is 0.639. The summed E-state index contributed by atoms with van der Waals surface area (Å²) >= 11 is 0. The molecule has 0 radical (unpaired) electrons. The summed E-state index contributed by atoms with van der Waals surface area (Å²) in [5.41, 5.74) is 0.826. The number of hydrogen-bond donors (Lipinski definition) is 3. The van der Waals surface area contributed by atoms with Crippen LogP contribution in [-0.2, 0) is 10.4 Å². The third-order valence-electron chi connectivity index (χ3n) is 1.58. The molecule has 0 spiro atoms. The van der Waals surface area contributed by atoms with Crippen molar-refractivity contribution in [3.05, 3.63) is 36.4 Å². The van der Waals surface area contributed by atoms with Crippen molar-refractivity contribution in [2.75, 3.05) is 0 Å². The third kappa shape index (κ3) is 7.79. The Morgan fingerprint density at radius 2 is 1.53 bits per heavy atom. The van der Waals surface area contributed by atoms with Gasteiger partial charge in [-0.2, -0.15) is 8.42 Å². The number of hydrogen-bond acceptors (Lipinski definition) is 4. The van der Waals surface area contributed by atoms with E-state index < -0.39 is 10.4 Å². The van der Waals surface area contributed by atoms with Gasteiger partial charge < -0.3 is 5.11 Å². The molecule has 17 heavy (non-hydrogen) atoms. The number of benzene rings is 1. The van der Waals surface area contributed by atoms with Gasteiger partial charge in [0.2, 0.25) is 5.88 Å². The quantitative estimate of drug-likeness (QED) is 0.484.